The Balaban J connectivity index is 1.57. The topological polar surface area (TPSA) is 86.7 Å². The number of esters is 2. The summed E-state index contributed by atoms with van der Waals surface area (Å²) in [7, 11) is 0. The number of carbonyl (C=O) groups excluding carboxylic acids is 4. The first kappa shape index (κ1) is 26.2. The van der Waals surface area contributed by atoms with Crippen LogP contribution in [0.3, 0.4) is 0 Å². The second kappa shape index (κ2) is 11.9. The van der Waals surface area contributed by atoms with Crippen LogP contribution in [0, 0.1) is 0 Å². The molecule has 10 heteroatoms. The van der Waals surface area contributed by atoms with Crippen molar-refractivity contribution in [2.75, 3.05) is 13.2 Å². The lowest BCUT2D eigenvalue weighted by Gasteiger charge is -2.03. The van der Waals surface area contributed by atoms with E-state index in [4.69, 9.17) is 9.47 Å². The smallest absolute Gasteiger partial charge is 0.302 e. The molecule has 0 aromatic carbocycles. The molecule has 0 spiro atoms. The van der Waals surface area contributed by atoms with E-state index in [1.54, 1.807) is 22.7 Å². The maximum atomic E-state index is 11.4. The van der Waals surface area contributed by atoms with Crippen molar-refractivity contribution in [1.29, 1.82) is 0 Å². The molecule has 0 amide bonds. The van der Waals surface area contributed by atoms with Crippen LogP contribution in [0.5, 0.6) is 0 Å². The average Bonchev–Trinajstić information content (AvgIpc) is 3.63. The van der Waals surface area contributed by atoms with Crippen LogP contribution in [0.25, 0.3) is 29.3 Å². The van der Waals surface area contributed by atoms with Gasteiger partial charge in [0, 0.05) is 56.0 Å². The summed E-state index contributed by atoms with van der Waals surface area (Å²) in [5.41, 5.74) is 1.97. The molecule has 0 saturated heterocycles. The predicted octanol–water partition coefficient (Wildman–Crippen LogP) is 6.77. The molecule has 0 fully saturated rings. The summed E-state index contributed by atoms with van der Waals surface area (Å²) in [5, 5.41) is 0. The van der Waals surface area contributed by atoms with Gasteiger partial charge in [-0.1, -0.05) is 0 Å². The van der Waals surface area contributed by atoms with Gasteiger partial charge in [0.05, 0.1) is 23.0 Å². The summed E-state index contributed by atoms with van der Waals surface area (Å²) >= 11 is 6.16. The van der Waals surface area contributed by atoms with Gasteiger partial charge in [0.15, 0.2) is 12.6 Å². The molecule has 4 rings (SSSR count). The molecule has 0 aliphatic heterocycles. The first-order valence-electron chi connectivity index (χ1n) is 11.0. The third kappa shape index (κ3) is 6.25. The van der Waals surface area contributed by atoms with Crippen LogP contribution in [-0.2, 0) is 31.9 Å². The number of thiophene rings is 4. The second-order valence-electron chi connectivity index (χ2n) is 7.75. The molecular weight excluding hydrogens is 537 g/mol. The van der Waals surface area contributed by atoms with Crippen LogP contribution in [0.2, 0.25) is 0 Å². The lowest BCUT2D eigenvalue weighted by molar-refractivity contribution is -0.141. The van der Waals surface area contributed by atoms with Gasteiger partial charge in [0.1, 0.15) is 0 Å². The average molecular weight is 559 g/mol. The van der Waals surface area contributed by atoms with Crippen LogP contribution in [0.1, 0.15) is 44.3 Å². The fourth-order valence-electron chi connectivity index (χ4n) is 3.60. The molecule has 36 heavy (non-hydrogen) atoms. The number of carbonyl (C=O) groups is 4. The summed E-state index contributed by atoms with van der Waals surface area (Å²) in [6.45, 7) is 3.30. The summed E-state index contributed by atoms with van der Waals surface area (Å²) in [6, 6.07) is 12.0. The quantitative estimate of drug-likeness (QED) is 0.149. The van der Waals surface area contributed by atoms with E-state index in [1.807, 2.05) is 12.1 Å². The maximum absolute atomic E-state index is 11.4. The molecule has 186 valence electrons. The zero-order valence-electron chi connectivity index (χ0n) is 19.5. The molecule has 0 aliphatic carbocycles. The SMILES string of the molecule is CC(=O)OCCc1cc(C=O)sc1-c1ccc(-c2ccc(-c3sc(C=O)cc3CCOC(C)=O)s2)s1. The highest BCUT2D eigenvalue weighted by molar-refractivity contribution is 7.29. The van der Waals surface area contributed by atoms with Crippen molar-refractivity contribution in [3.05, 3.63) is 57.3 Å². The van der Waals surface area contributed by atoms with Gasteiger partial charge in [-0.3, -0.25) is 19.2 Å². The maximum Gasteiger partial charge on any atom is 0.302 e. The highest BCUT2D eigenvalue weighted by Gasteiger charge is 2.17. The Morgan fingerprint density at radius 1 is 0.667 bits per heavy atom. The standard InChI is InChI=1S/C26H22O6S4/c1-15(29)31-9-7-17-11-19(13-27)33-25(17)23-5-3-21(35-23)22-4-6-24(36-22)26-18(8-10-32-16(2)30)12-20(14-28)34-26/h3-6,11-14H,7-10H2,1-2H3. The van der Waals surface area contributed by atoms with Crippen molar-refractivity contribution in [1.82, 2.24) is 0 Å². The Labute approximate surface area is 224 Å². The van der Waals surface area contributed by atoms with E-state index < -0.39 is 0 Å². The summed E-state index contributed by atoms with van der Waals surface area (Å²) in [6.07, 6.45) is 2.78. The van der Waals surface area contributed by atoms with Crippen LogP contribution >= 0.6 is 45.3 Å². The molecule has 4 aromatic rings. The van der Waals surface area contributed by atoms with Gasteiger partial charge in [0.2, 0.25) is 0 Å². The molecule has 4 heterocycles. The largest absolute Gasteiger partial charge is 0.466 e. The van der Waals surface area contributed by atoms with Gasteiger partial charge < -0.3 is 9.47 Å². The molecule has 0 saturated carbocycles. The first-order chi connectivity index (χ1) is 17.4. The van der Waals surface area contributed by atoms with Crippen molar-refractivity contribution < 1.29 is 28.7 Å². The lowest BCUT2D eigenvalue weighted by Crippen LogP contribution is -2.03. The minimum absolute atomic E-state index is 0.271. The minimum atomic E-state index is -0.324. The molecule has 0 radical (unpaired) electrons. The lowest BCUT2D eigenvalue weighted by atomic mass is 10.1. The van der Waals surface area contributed by atoms with E-state index in [-0.39, 0.29) is 25.2 Å². The molecule has 0 aliphatic rings. The Hall–Kier alpha value is -2.92. The molecule has 0 N–H and O–H groups in total. The molecular formula is C26H22O6S4. The van der Waals surface area contributed by atoms with Crippen LogP contribution in [0.4, 0.5) is 0 Å². The van der Waals surface area contributed by atoms with Gasteiger partial charge in [-0.25, -0.2) is 0 Å². The highest BCUT2D eigenvalue weighted by Crippen LogP contribution is 2.44. The fourth-order valence-corrected chi connectivity index (χ4v) is 8.04. The molecule has 4 aromatic heterocycles. The van der Waals surface area contributed by atoms with E-state index in [2.05, 4.69) is 24.3 Å². The third-order valence-electron chi connectivity index (χ3n) is 5.14. The van der Waals surface area contributed by atoms with Crippen LogP contribution in [-0.4, -0.2) is 37.7 Å². The van der Waals surface area contributed by atoms with E-state index in [0.29, 0.717) is 22.6 Å². The Bertz CT molecular complexity index is 1300. The van der Waals surface area contributed by atoms with Crippen molar-refractivity contribution in [3.8, 4) is 29.3 Å². The Morgan fingerprint density at radius 3 is 1.42 bits per heavy atom. The summed E-state index contributed by atoms with van der Waals surface area (Å²) in [4.78, 5) is 52.6. The van der Waals surface area contributed by atoms with Gasteiger partial charge in [0.25, 0.3) is 0 Å². The van der Waals surface area contributed by atoms with Crippen molar-refractivity contribution in [2.45, 2.75) is 26.7 Å². The third-order valence-corrected chi connectivity index (χ3v) is 10.1. The van der Waals surface area contributed by atoms with E-state index in [0.717, 1.165) is 53.0 Å². The van der Waals surface area contributed by atoms with E-state index in [9.17, 15) is 19.2 Å². The van der Waals surface area contributed by atoms with E-state index >= 15 is 0 Å². The van der Waals surface area contributed by atoms with Crippen LogP contribution in [0.15, 0.2) is 36.4 Å². The summed E-state index contributed by atoms with van der Waals surface area (Å²) < 4.78 is 10.2. The van der Waals surface area contributed by atoms with Crippen molar-refractivity contribution in [3.63, 3.8) is 0 Å². The second-order valence-corrected chi connectivity index (χ2v) is 12.1. The Morgan fingerprint density at radius 2 is 1.06 bits per heavy atom. The fraction of sp³-hybridized carbons (Fsp3) is 0.231. The summed E-state index contributed by atoms with van der Waals surface area (Å²) in [5.74, 6) is -0.648. The number of hydrogen-bond donors (Lipinski definition) is 0. The normalized spacial score (nSPS) is 10.8. The molecule has 0 unspecified atom stereocenters. The zero-order chi connectivity index (χ0) is 25.7. The molecule has 0 bridgehead atoms. The monoisotopic (exact) mass is 558 g/mol. The predicted molar refractivity (Wildman–Crippen MR) is 146 cm³/mol. The van der Waals surface area contributed by atoms with E-state index in [1.165, 1.54) is 36.5 Å². The number of aldehydes is 2. The number of hydrogen-bond acceptors (Lipinski definition) is 10. The van der Waals surface area contributed by atoms with Gasteiger partial charge in [-0.05, 0) is 47.5 Å². The number of rotatable bonds is 11. The van der Waals surface area contributed by atoms with Gasteiger partial charge >= 0.3 is 11.9 Å². The molecule has 0 atom stereocenters. The minimum Gasteiger partial charge on any atom is -0.466 e. The van der Waals surface area contributed by atoms with Crippen LogP contribution < -0.4 is 0 Å². The zero-order valence-corrected chi connectivity index (χ0v) is 22.8. The highest BCUT2D eigenvalue weighted by atomic mass is 32.1. The first-order valence-corrected chi connectivity index (χ1v) is 14.3. The van der Waals surface area contributed by atoms with Crippen molar-refractivity contribution >= 4 is 69.9 Å². The Kier molecular flexibility index (Phi) is 8.63. The van der Waals surface area contributed by atoms with Gasteiger partial charge in [-0.2, -0.15) is 0 Å². The van der Waals surface area contributed by atoms with Gasteiger partial charge in [-0.15, -0.1) is 45.3 Å². The molecule has 6 nitrogen and oxygen atoms in total. The van der Waals surface area contributed by atoms with Crippen molar-refractivity contribution in [2.24, 2.45) is 0 Å². The number of ether oxygens (including phenoxy) is 2.